The van der Waals surface area contributed by atoms with Crippen molar-refractivity contribution in [3.63, 3.8) is 0 Å². The van der Waals surface area contributed by atoms with Crippen LogP contribution in [0.4, 0.5) is 5.69 Å². The van der Waals surface area contributed by atoms with Crippen LogP contribution in [0.3, 0.4) is 0 Å². The Morgan fingerprint density at radius 3 is 2.72 bits per heavy atom. The Labute approximate surface area is 113 Å². The molecule has 2 atom stereocenters. The van der Waals surface area contributed by atoms with Crippen LogP contribution in [0.5, 0.6) is 0 Å². The standard InChI is InChI=1S/C12H19N3O2.ClH/c1-4-8(2)10(13)11(16)14-9-6-5-7-15(3)12(9)17;/h5-8,10H,4,13H2,1-3H3,(H,14,16);1H. The van der Waals surface area contributed by atoms with E-state index in [0.29, 0.717) is 0 Å². The van der Waals surface area contributed by atoms with Gasteiger partial charge in [0.25, 0.3) is 5.56 Å². The predicted molar refractivity (Wildman–Crippen MR) is 75.0 cm³/mol. The Morgan fingerprint density at radius 1 is 1.56 bits per heavy atom. The normalized spacial score (nSPS) is 13.3. The average Bonchev–Trinajstić information content (AvgIpc) is 2.32. The van der Waals surface area contributed by atoms with E-state index >= 15 is 0 Å². The van der Waals surface area contributed by atoms with Crippen LogP contribution < -0.4 is 16.6 Å². The smallest absolute Gasteiger partial charge is 0.274 e. The molecule has 1 aromatic heterocycles. The first kappa shape index (κ1) is 16.7. The number of halogens is 1. The molecule has 0 aliphatic carbocycles. The van der Waals surface area contributed by atoms with Gasteiger partial charge in [-0.2, -0.15) is 0 Å². The van der Waals surface area contributed by atoms with Crippen LogP contribution in [0.2, 0.25) is 0 Å². The minimum Gasteiger partial charge on any atom is -0.320 e. The zero-order valence-electron chi connectivity index (χ0n) is 10.8. The van der Waals surface area contributed by atoms with E-state index in [4.69, 9.17) is 5.73 Å². The molecular weight excluding hydrogens is 254 g/mol. The summed E-state index contributed by atoms with van der Waals surface area (Å²) in [5, 5.41) is 2.57. The third kappa shape index (κ3) is 3.85. The van der Waals surface area contributed by atoms with Crippen molar-refractivity contribution < 1.29 is 4.79 Å². The molecule has 0 fully saturated rings. The molecule has 0 radical (unpaired) electrons. The number of rotatable bonds is 4. The van der Waals surface area contributed by atoms with Crippen molar-refractivity contribution in [2.75, 3.05) is 5.32 Å². The van der Waals surface area contributed by atoms with Crippen LogP contribution in [-0.4, -0.2) is 16.5 Å². The molecule has 1 aromatic rings. The number of nitrogens with one attached hydrogen (secondary N) is 1. The highest BCUT2D eigenvalue weighted by Gasteiger charge is 2.20. The number of carbonyl (C=O) groups is 1. The number of anilines is 1. The lowest BCUT2D eigenvalue weighted by molar-refractivity contribution is -0.118. The van der Waals surface area contributed by atoms with E-state index in [-0.39, 0.29) is 35.5 Å². The molecule has 102 valence electrons. The monoisotopic (exact) mass is 273 g/mol. The lowest BCUT2D eigenvalue weighted by atomic mass is 9.99. The van der Waals surface area contributed by atoms with E-state index in [0.717, 1.165) is 6.42 Å². The molecule has 2 unspecified atom stereocenters. The van der Waals surface area contributed by atoms with Gasteiger partial charge in [-0.1, -0.05) is 20.3 Å². The topological polar surface area (TPSA) is 77.1 Å². The zero-order valence-corrected chi connectivity index (χ0v) is 11.7. The third-order valence-electron chi connectivity index (χ3n) is 2.94. The number of pyridine rings is 1. The van der Waals surface area contributed by atoms with Crippen LogP contribution in [0.15, 0.2) is 23.1 Å². The van der Waals surface area contributed by atoms with Crippen molar-refractivity contribution in [3.8, 4) is 0 Å². The fraction of sp³-hybridized carbons (Fsp3) is 0.500. The predicted octanol–water partition coefficient (Wildman–Crippen LogP) is 1.12. The molecule has 6 heteroatoms. The van der Waals surface area contributed by atoms with Gasteiger partial charge in [0, 0.05) is 13.2 Å². The van der Waals surface area contributed by atoms with Crippen molar-refractivity contribution in [1.82, 2.24) is 4.57 Å². The Bertz CT molecular complexity index is 459. The van der Waals surface area contributed by atoms with Crippen LogP contribution in [0.1, 0.15) is 20.3 Å². The lowest BCUT2D eigenvalue weighted by Gasteiger charge is -2.17. The van der Waals surface area contributed by atoms with Gasteiger partial charge in [-0.25, -0.2) is 0 Å². The second kappa shape index (κ2) is 7.18. The summed E-state index contributed by atoms with van der Waals surface area (Å²) in [7, 11) is 1.63. The van der Waals surface area contributed by atoms with E-state index in [1.807, 2.05) is 13.8 Å². The van der Waals surface area contributed by atoms with E-state index in [1.165, 1.54) is 4.57 Å². The molecule has 0 aromatic carbocycles. The highest BCUT2D eigenvalue weighted by Crippen LogP contribution is 2.07. The number of hydrogen-bond acceptors (Lipinski definition) is 3. The molecule has 0 saturated carbocycles. The molecule has 3 N–H and O–H groups in total. The number of aromatic nitrogens is 1. The van der Waals surface area contributed by atoms with Crippen LogP contribution in [-0.2, 0) is 11.8 Å². The highest BCUT2D eigenvalue weighted by molar-refractivity contribution is 5.94. The summed E-state index contributed by atoms with van der Waals surface area (Å²) in [5.41, 5.74) is 5.81. The van der Waals surface area contributed by atoms with E-state index in [9.17, 15) is 9.59 Å². The van der Waals surface area contributed by atoms with Crippen LogP contribution in [0.25, 0.3) is 0 Å². The second-order valence-electron chi connectivity index (χ2n) is 4.24. The summed E-state index contributed by atoms with van der Waals surface area (Å²) in [5.74, 6) is -0.231. The van der Waals surface area contributed by atoms with Gasteiger partial charge >= 0.3 is 0 Å². The fourth-order valence-electron chi connectivity index (χ4n) is 1.42. The molecule has 18 heavy (non-hydrogen) atoms. The molecular formula is C12H20ClN3O2. The summed E-state index contributed by atoms with van der Waals surface area (Å²) in [4.78, 5) is 23.5. The first-order valence-electron chi connectivity index (χ1n) is 5.69. The lowest BCUT2D eigenvalue weighted by Crippen LogP contribution is -2.41. The van der Waals surface area contributed by atoms with Gasteiger partial charge in [0.2, 0.25) is 5.91 Å². The highest BCUT2D eigenvalue weighted by atomic mass is 35.5. The minimum absolute atomic E-state index is 0. The van der Waals surface area contributed by atoms with Crippen molar-refractivity contribution in [1.29, 1.82) is 0 Å². The van der Waals surface area contributed by atoms with E-state index in [1.54, 1.807) is 25.4 Å². The summed E-state index contributed by atoms with van der Waals surface area (Å²) >= 11 is 0. The van der Waals surface area contributed by atoms with Gasteiger partial charge in [-0.3, -0.25) is 9.59 Å². The summed E-state index contributed by atoms with van der Waals surface area (Å²) in [6.45, 7) is 3.88. The molecule has 1 rings (SSSR count). The van der Waals surface area contributed by atoms with Gasteiger partial charge in [-0.05, 0) is 18.1 Å². The molecule has 0 saturated heterocycles. The van der Waals surface area contributed by atoms with Crippen molar-refractivity contribution in [2.24, 2.45) is 18.7 Å². The maximum absolute atomic E-state index is 11.8. The fourth-order valence-corrected chi connectivity index (χ4v) is 1.42. The maximum Gasteiger partial charge on any atom is 0.274 e. The van der Waals surface area contributed by atoms with Crippen molar-refractivity contribution in [2.45, 2.75) is 26.3 Å². The van der Waals surface area contributed by atoms with Crippen LogP contribution >= 0.6 is 12.4 Å². The summed E-state index contributed by atoms with van der Waals surface area (Å²) in [6, 6.07) is 2.68. The quantitative estimate of drug-likeness (QED) is 0.863. The molecule has 1 heterocycles. The molecule has 5 nitrogen and oxygen atoms in total. The number of aryl methyl sites for hydroxylation is 1. The Balaban J connectivity index is 0.00000289. The van der Waals surface area contributed by atoms with E-state index < -0.39 is 6.04 Å². The number of amides is 1. The number of nitrogens with two attached hydrogens (primary N) is 1. The van der Waals surface area contributed by atoms with Gasteiger partial charge in [0.05, 0.1) is 6.04 Å². The third-order valence-corrected chi connectivity index (χ3v) is 2.94. The largest absolute Gasteiger partial charge is 0.320 e. The summed E-state index contributed by atoms with van der Waals surface area (Å²) in [6.07, 6.45) is 2.45. The van der Waals surface area contributed by atoms with Gasteiger partial charge in [0.1, 0.15) is 5.69 Å². The van der Waals surface area contributed by atoms with Crippen molar-refractivity contribution in [3.05, 3.63) is 28.7 Å². The van der Waals surface area contributed by atoms with Gasteiger partial charge in [-0.15, -0.1) is 12.4 Å². The number of carbonyl (C=O) groups excluding carboxylic acids is 1. The molecule has 0 spiro atoms. The molecule has 0 bridgehead atoms. The molecule has 0 aliphatic heterocycles. The Kier molecular flexibility index (Phi) is 6.65. The Hall–Kier alpha value is -1.33. The zero-order chi connectivity index (χ0) is 13.0. The SMILES string of the molecule is CCC(C)C(N)C(=O)Nc1cccn(C)c1=O.Cl. The molecule has 1 amide bonds. The van der Waals surface area contributed by atoms with Gasteiger partial charge < -0.3 is 15.6 Å². The van der Waals surface area contributed by atoms with E-state index in [2.05, 4.69) is 5.32 Å². The van der Waals surface area contributed by atoms with Crippen molar-refractivity contribution >= 4 is 24.0 Å². The second-order valence-corrected chi connectivity index (χ2v) is 4.24. The number of hydrogen-bond donors (Lipinski definition) is 2. The minimum atomic E-state index is -0.593. The Morgan fingerprint density at radius 2 is 2.17 bits per heavy atom. The average molecular weight is 274 g/mol. The first-order chi connectivity index (χ1) is 7.97. The maximum atomic E-state index is 11.8. The molecule has 0 aliphatic rings. The first-order valence-corrected chi connectivity index (χ1v) is 5.69. The van der Waals surface area contributed by atoms with Crippen LogP contribution in [0, 0.1) is 5.92 Å². The van der Waals surface area contributed by atoms with Gasteiger partial charge in [0.15, 0.2) is 0 Å². The number of nitrogens with zero attached hydrogens (tertiary/aromatic N) is 1. The summed E-state index contributed by atoms with van der Waals surface area (Å²) < 4.78 is 1.41.